The number of carbonyl (C=O) groups excluding carboxylic acids is 4. The van der Waals surface area contributed by atoms with Crippen LogP contribution in [0.3, 0.4) is 0 Å². The van der Waals surface area contributed by atoms with Gasteiger partial charge in [-0.25, -0.2) is 9.59 Å². The Morgan fingerprint density at radius 1 is 0.782 bits per heavy atom. The van der Waals surface area contributed by atoms with Crippen LogP contribution in [0.15, 0.2) is 135 Å². The van der Waals surface area contributed by atoms with Gasteiger partial charge in [-0.05, 0) is 52.6 Å². The average Bonchev–Trinajstić information content (AvgIpc) is 3.53. The first-order valence-electron chi connectivity index (χ1n) is 18.6. The maximum Gasteiger partial charge on any atom is 0.407 e. The number of aliphatic hydroxyl groups is 1. The monoisotopic (exact) mass is 743 g/mol. The molecular formula is C45H49N3O7. The Kier molecular flexibility index (Phi) is 14.9. The van der Waals surface area contributed by atoms with Gasteiger partial charge in [0.05, 0.1) is 18.6 Å². The predicted octanol–water partition coefficient (Wildman–Crippen LogP) is 6.86. The molecular weight excluding hydrogens is 695 g/mol. The fourth-order valence-electron chi connectivity index (χ4n) is 6.82. The number of aliphatic hydroxyl groups excluding tert-OH is 1. The zero-order valence-corrected chi connectivity index (χ0v) is 31.0. The van der Waals surface area contributed by atoms with E-state index in [-0.39, 0.29) is 57.5 Å². The van der Waals surface area contributed by atoms with Crippen molar-refractivity contribution in [1.29, 1.82) is 0 Å². The van der Waals surface area contributed by atoms with E-state index in [1.54, 1.807) is 24.3 Å². The molecule has 4 aromatic rings. The summed E-state index contributed by atoms with van der Waals surface area (Å²) in [5, 5.41) is 15.3. The molecule has 3 N–H and O–H groups in total. The second-order valence-corrected chi connectivity index (χ2v) is 13.4. The number of amides is 3. The summed E-state index contributed by atoms with van der Waals surface area (Å²) in [7, 11) is 0. The van der Waals surface area contributed by atoms with Gasteiger partial charge in [-0.15, -0.1) is 13.2 Å². The Morgan fingerprint density at radius 2 is 1.40 bits per heavy atom. The molecule has 0 unspecified atom stereocenters. The summed E-state index contributed by atoms with van der Waals surface area (Å²) in [4.78, 5) is 55.5. The van der Waals surface area contributed by atoms with Crippen molar-refractivity contribution in [3.63, 3.8) is 0 Å². The molecule has 286 valence electrons. The van der Waals surface area contributed by atoms with Crippen LogP contribution < -0.4 is 10.6 Å². The number of rotatable bonds is 20. The summed E-state index contributed by atoms with van der Waals surface area (Å²) in [5.41, 5.74) is 5.94. The van der Waals surface area contributed by atoms with Gasteiger partial charge in [-0.1, -0.05) is 121 Å². The highest BCUT2D eigenvalue weighted by Gasteiger charge is 2.31. The van der Waals surface area contributed by atoms with Gasteiger partial charge in [0.1, 0.15) is 19.3 Å². The third kappa shape index (κ3) is 11.0. The van der Waals surface area contributed by atoms with Crippen molar-refractivity contribution in [3.05, 3.63) is 157 Å². The van der Waals surface area contributed by atoms with E-state index < -0.39 is 36.0 Å². The van der Waals surface area contributed by atoms with Crippen molar-refractivity contribution in [1.82, 2.24) is 15.5 Å². The number of nitrogens with one attached hydrogen (secondary N) is 2. The fraction of sp³-hybridized carbons (Fsp3) is 0.289. The molecule has 0 bridgehead atoms. The SMILES string of the molecule is C=CCC[C@H](NC(=O)OCC1c2ccccc2-c2ccccc21)C(=O)OC[C@@H](NC(=O)[C@H](CC=C)CC(=O)N(CCO)Cc1ccccc1)c1ccccc1. The molecule has 0 fully saturated rings. The molecule has 1 aliphatic carbocycles. The summed E-state index contributed by atoms with van der Waals surface area (Å²) in [6, 6.07) is 32.8. The molecule has 0 radical (unpaired) electrons. The maximum atomic E-state index is 13.8. The molecule has 0 heterocycles. The lowest BCUT2D eigenvalue weighted by Gasteiger charge is -2.26. The molecule has 55 heavy (non-hydrogen) atoms. The third-order valence-corrected chi connectivity index (χ3v) is 9.67. The van der Waals surface area contributed by atoms with E-state index in [2.05, 4.69) is 35.9 Å². The van der Waals surface area contributed by atoms with E-state index in [1.807, 2.05) is 84.9 Å². The van der Waals surface area contributed by atoms with Crippen molar-refractivity contribution >= 4 is 23.9 Å². The van der Waals surface area contributed by atoms with Crippen LogP contribution >= 0.6 is 0 Å². The molecule has 0 aliphatic heterocycles. The lowest BCUT2D eigenvalue weighted by atomic mass is 9.97. The van der Waals surface area contributed by atoms with Gasteiger partial charge in [-0.3, -0.25) is 9.59 Å². The van der Waals surface area contributed by atoms with E-state index in [0.717, 1.165) is 27.8 Å². The fourth-order valence-corrected chi connectivity index (χ4v) is 6.82. The number of carbonyl (C=O) groups is 4. The van der Waals surface area contributed by atoms with E-state index in [9.17, 15) is 24.3 Å². The number of fused-ring (bicyclic) bond motifs is 3. The van der Waals surface area contributed by atoms with Gasteiger partial charge >= 0.3 is 12.1 Å². The van der Waals surface area contributed by atoms with Gasteiger partial charge in [0.2, 0.25) is 11.8 Å². The zero-order valence-electron chi connectivity index (χ0n) is 31.0. The van der Waals surface area contributed by atoms with Crippen LogP contribution in [0.4, 0.5) is 4.79 Å². The number of allylic oxidation sites excluding steroid dienone is 2. The third-order valence-electron chi connectivity index (χ3n) is 9.67. The van der Waals surface area contributed by atoms with Crippen LogP contribution in [0.5, 0.6) is 0 Å². The Labute approximate surface area is 322 Å². The van der Waals surface area contributed by atoms with E-state index in [4.69, 9.17) is 9.47 Å². The molecule has 3 amide bonds. The highest BCUT2D eigenvalue weighted by molar-refractivity contribution is 5.86. The number of nitrogens with zero attached hydrogens (tertiary/aromatic N) is 1. The molecule has 10 nitrogen and oxygen atoms in total. The Morgan fingerprint density at radius 3 is 2.02 bits per heavy atom. The molecule has 0 saturated carbocycles. The van der Waals surface area contributed by atoms with Crippen molar-refractivity contribution in [2.75, 3.05) is 26.4 Å². The summed E-state index contributed by atoms with van der Waals surface area (Å²) in [5.74, 6) is -2.30. The number of hydrogen-bond donors (Lipinski definition) is 3. The van der Waals surface area contributed by atoms with Crippen LogP contribution in [0.1, 0.15) is 59.9 Å². The number of esters is 1. The molecule has 1 aliphatic rings. The minimum absolute atomic E-state index is 0.0869. The summed E-state index contributed by atoms with van der Waals surface area (Å²) < 4.78 is 11.5. The van der Waals surface area contributed by atoms with Gasteiger partial charge in [0.25, 0.3) is 0 Å². The van der Waals surface area contributed by atoms with Crippen LogP contribution in [0.25, 0.3) is 11.1 Å². The molecule has 0 saturated heterocycles. The van der Waals surface area contributed by atoms with Crippen LogP contribution in [-0.2, 0) is 30.4 Å². The number of hydrogen-bond acceptors (Lipinski definition) is 7. The van der Waals surface area contributed by atoms with Gasteiger partial charge in [0.15, 0.2) is 0 Å². The van der Waals surface area contributed by atoms with Crippen molar-refractivity contribution in [3.8, 4) is 11.1 Å². The minimum atomic E-state index is -1.03. The molecule has 0 spiro atoms. The standard InChI is InChI=1S/C45H49N3O7/c1-3-5-25-40(47-45(53)55-30-39-37-23-14-12-21-35(37)36-22-13-15-24-38(36)39)44(52)54-31-41(33-19-10-7-11-20-33)46-43(51)34(16-4-2)28-42(50)48(26-27-49)29-32-17-8-6-9-18-32/h3-4,6-15,17-24,34,39-41,49H,1-2,5,16,25-31H2,(H,46,51)(H,47,53)/t34-,40+,41-/m1/s1. The Bertz CT molecular complexity index is 1870. The first-order chi connectivity index (χ1) is 26.8. The number of ether oxygens (including phenoxy) is 2. The molecule has 3 atom stereocenters. The lowest BCUT2D eigenvalue weighted by Crippen LogP contribution is -2.44. The second kappa shape index (κ2) is 20.5. The summed E-state index contributed by atoms with van der Waals surface area (Å²) in [6.45, 7) is 7.60. The maximum absolute atomic E-state index is 13.8. The highest BCUT2D eigenvalue weighted by Crippen LogP contribution is 2.44. The number of benzene rings is 4. The minimum Gasteiger partial charge on any atom is -0.462 e. The first kappa shape index (κ1) is 40.2. The first-order valence-corrected chi connectivity index (χ1v) is 18.6. The zero-order chi connectivity index (χ0) is 39.0. The van der Waals surface area contributed by atoms with E-state index in [0.29, 0.717) is 18.5 Å². The Balaban J connectivity index is 1.22. The lowest BCUT2D eigenvalue weighted by molar-refractivity contribution is -0.147. The molecule has 5 rings (SSSR count). The molecule has 0 aromatic heterocycles. The van der Waals surface area contributed by atoms with Gasteiger partial charge < -0.3 is 30.1 Å². The van der Waals surface area contributed by atoms with Crippen molar-refractivity contribution in [2.24, 2.45) is 5.92 Å². The molecule has 10 heteroatoms. The van der Waals surface area contributed by atoms with E-state index >= 15 is 0 Å². The average molecular weight is 744 g/mol. The van der Waals surface area contributed by atoms with Gasteiger partial charge in [-0.2, -0.15) is 0 Å². The summed E-state index contributed by atoms with van der Waals surface area (Å²) in [6.07, 6.45) is 3.25. The largest absolute Gasteiger partial charge is 0.462 e. The van der Waals surface area contributed by atoms with Crippen LogP contribution in [0, 0.1) is 5.92 Å². The van der Waals surface area contributed by atoms with Crippen LogP contribution in [-0.4, -0.2) is 66.3 Å². The van der Waals surface area contributed by atoms with E-state index in [1.165, 1.54) is 4.90 Å². The normalized spacial score (nSPS) is 13.3. The highest BCUT2D eigenvalue weighted by atomic mass is 16.6. The molecule has 4 aromatic carbocycles. The predicted molar refractivity (Wildman–Crippen MR) is 212 cm³/mol. The topological polar surface area (TPSA) is 134 Å². The van der Waals surface area contributed by atoms with Crippen LogP contribution in [0.2, 0.25) is 0 Å². The van der Waals surface area contributed by atoms with Crippen molar-refractivity contribution in [2.45, 2.75) is 50.2 Å². The quantitative estimate of drug-likeness (QED) is 0.0665. The summed E-state index contributed by atoms with van der Waals surface area (Å²) >= 11 is 0. The second-order valence-electron chi connectivity index (χ2n) is 13.4. The number of alkyl carbamates (subject to hydrolysis) is 1. The van der Waals surface area contributed by atoms with Gasteiger partial charge in [0, 0.05) is 25.4 Å². The Hall–Kier alpha value is -6.00. The van der Waals surface area contributed by atoms with Crippen molar-refractivity contribution < 1.29 is 33.8 Å². The smallest absolute Gasteiger partial charge is 0.407 e.